The first-order chi connectivity index (χ1) is 15.5. The van der Waals surface area contributed by atoms with Gasteiger partial charge < -0.3 is 9.84 Å². The Balaban J connectivity index is 1.55. The first-order valence-corrected chi connectivity index (χ1v) is 11.0. The molecule has 3 atom stereocenters. The van der Waals surface area contributed by atoms with Gasteiger partial charge in [0.25, 0.3) is 0 Å². The number of rotatable bonds is 4. The zero-order valence-corrected chi connectivity index (χ0v) is 18.4. The van der Waals surface area contributed by atoms with Crippen molar-refractivity contribution in [1.29, 1.82) is 0 Å². The second-order valence-corrected chi connectivity index (χ2v) is 8.84. The highest BCUT2D eigenvalue weighted by molar-refractivity contribution is 5.85. The third-order valence-corrected chi connectivity index (χ3v) is 6.89. The maximum absolute atomic E-state index is 12.1. The molecule has 2 heteroatoms. The first-order valence-electron chi connectivity index (χ1n) is 11.0. The van der Waals surface area contributed by atoms with Gasteiger partial charge in [-0.3, -0.25) is 0 Å². The molecule has 0 radical (unpaired) electrons. The van der Waals surface area contributed by atoms with Gasteiger partial charge in [-0.2, -0.15) is 0 Å². The lowest BCUT2D eigenvalue weighted by Gasteiger charge is -2.31. The minimum Gasteiger partial charge on any atom is -0.497 e. The number of ether oxygens (including phenoxy) is 1. The number of fused-ring (bicyclic) bond motifs is 1. The van der Waals surface area contributed by atoms with E-state index in [1.165, 1.54) is 5.56 Å². The molecule has 0 bridgehead atoms. The number of hydrogen-bond acceptors (Lipinski definition) is 2. The molecule has 1 aliphatic carbocycles. The molecule has 158 valence electrons. The predicted octanol–water partition coefficient (Wildman–Crippen LogP) is 6.28. The summed E-state index contributed by atoms with van der Waals surface area (Å²) >= 11 is 0. The van der Waals surface area contributed by atoms with Gasteiger partial charge in [0.05, 0.1) is 7.11 Å². The Kier molecular flexibility index (Phi) is 5.00. The van der Waals surface area contributed by atoms with Crippen LogP contribution in [0.3, 0.4) is 0 Å². The summed E-state index contributed by atoms with van der Waals surface area (Å²) in [5.41, 5.74) is 1.39. The fourth-order valence-corrected chi connectivity index (χ4v) is 4.75. The van der Waals surface area contributed by atoms with Crippen LogP contribution in [-0.2, 0) is 5.60 Å². The average molecular weight is 419 g/mol. The van der Waals surface area contributed by atoms with Gasteiger partial charge >= 0.3 is 0 Å². The van der Waals surface area contributed by atoms with Crippen molar-refractivity contribution in [2.75, 3.05) is 7.11 Å². The molecule has 0 amide bonds. The molecule has 1 aliphatic rings. The molecule has 5 rings (SSSR count). The molecule has 0 saturated heterocycles. The summed E-state index contributed by atoms with van der Waals surface area (Å²) in [5.74, 6) is 7.70. The van der Waals surface area contributed by atoms with E-state index in [1.54, 1.807) is 7.11 Å². The van der Waals surface area contributed by atoms with Crippen LogP contribution < -0.4 is 4.74 Å². The summed E-state index contributed by atoms with van der Waals surface area (Å²) in [6.45, 7) is 2.15. The van der Waals surface area contributed by atoms with Gasteiger partial charge in [-0.05, 0) is 58.5 Å². The molecular weight excluding hydrogens is 392 g/mol. The molecule has 4 aromatic carbocycles. The van der Waals surface area contributed by atoms with Crippen molar-refractivity contribution in [3.8, 4) is 17.6 Å². The van der Waals surface area contributed by atoms with Crippen LogP contribution in [0.1, 0.15) is 36.0 Å². The van der Waals surface area contributed by atoms with Crippen molar-refractivity contribution in [3.63, 3.8) is 0 Å². The Hall–Kier alpha value is -3.54. The zero-order valence-electron chi connectivity index (χ0n) is 18.4. The average Bonchev–Trinajstić information content (AvgIpc) is 3.56. The van der Waals surface area contributed by atoms with Crippen LogP contribution in [0.5, 0.6) is 5.75 Å². The van der Waals surface area contributed by atoms with Crippen LogP contribution in [0, 0.1) is 17.3 Å². The lowest BCUT2D eigenvalue weighted by molar-refractivity contribution is 0.0245. The van der Waals surface area contributed by atoms with E-state index >= 15 is 0 Å². The van der Waals surface area contributed by atoms with Gasteiger partial charge in [-0.1, -0.05) is 91.6 Å². The Bertz CT molecular complexity index is 1320. The molecular formula is C30H26O2. The highest BCUT2D eigenvalue weighted by Crippen LogP contribution is 2.67. The molecule has 1 fully saturated rings. The Morgan fingerprint density at radius 2 is 1.53 bits per heavy atom. The highest BCUT2D eigenvalue weighted by Gasteiger charge is 2.63. The van der Waals surface area contributed by atoms with Crippen LogP contribution in [0.25, 0.3) is 10.8 Å². The van der Waals surface area contributed by atoms with Crippen molar-refractivity contribution in [1.82, 2.24) is 0 Å². The molecule has 0 heterocycles. The van der Waals surface area contributed by atoms with E-state index < -0.39 is 5.60 Å². The highest BCUT2D eigenvalue weighted by atomic mass is 16.5. The fraction of sp³-hybridized carbons (Fsp3) is 0.200. The Morgan fingerprint density at radius 1 is 0.875 bits per heavy atom. The van der Waals surface area contributed by atoms with Crippen molar-refractivity contribution >= 4 is 10.8 Å². The SMILES string of the molecule is COc1ccc2cc(C#CC(O)(c3ccccc3)C3(C)CC3c3ccccc3)ccc2c1. The maximum atomic E-state index is 12.1. The Labute approximate surface area is 189 Å². The van der Waals surface area contributed by atoms with Gasteiger partial charge in [-0.15, -0.1) is 0 Å². The molecule has 32 heavy (non-hydrogen) atoms. The molecule has 0 spiro atoms. The van der Waals surface area contributed by atoms with Crippen molar-refractivity contribution in [3.05, 3.63) is 114 Å². The van der Waals surface area contributed by atoms with Gasteiger partial charge in [0.15, 0.2) is 5.60 Å². The van der Waals surface area contributed by atoms with Crippen molar-refractivity contribution in [2.24, 2.45) is 5.41 Å². The van der Waals surface area contributed by atoms with E-state index in [1.807, 2.05) is 60.7 Å². The van der Waals surface area contributed by atoms with E-state index in [-0.39, 0.29) is 11.3 Å². The summed E-state index contributed by atoms with van der Waals surface area (Å²) in [4.78, 5) is 0. The number of methoxy groups -OCH3 is 1. The van der Waals surface area contributed by atoms with Crippen molar-refractivity contribution < 1.29 is 9.84 Å². The predicted molar refractivity (Wildman–Crippen MR) is 130 cm³/mol. The van der Waals surface area contributed by atoms with Crippen LogP contribution in [0.15, 0.2) is 97.1 Å². The third kappa shape index (κ3) is 3.45. The van der Waals surface area contributed by atoms with Gasteiger partial charge in [0.1, 0.15) is 5.75 Å². The summed E-state index contributed by atoms with van der Waals surface area (Å²) in [6, 6.07) is 32.4. The maximum Gasteiger partial charge on any atom is 0.157 e. The van der Waals surface area contributed by atoms with Gasteiger partial charge in [-0.25, -0.2) is 0 Å². The zero-order chi connectivity index (χ0) is 22.2. The van der Waals surface area contributed by atoms with Gasteiger partial charge in [0, 0.05) is 11.0 Å². The van der Waals surface area contributed by atoms with E-state index in [0.717, 1.165) is 34.1 Å². The second kappa shape index (κ2) is 7.86. The summed E-state index contributed by atoms with van der Waals surface area (Å²) in [5, 5.41) is 14.3. The number of hydrogen-bond donors (Lipinski definition) is 1. The van der Waals surface area contributed by atoms with Crippen LogP contribution in [0.2, 0.25) is 0 Å². The molecule has 1 saturated carbocycles. The van der Waals surface area contributed by atoms with E-state index in [0.29, 0.717) is 0 Å². The second-order valence-electron chi connectivity index (χ2n) is 8.84. The normalized spacial score (nSPS) is 21.3. The van der Waals surface area contributed by atoms with Crippen LogP contribution >= 0.6 is 0 Å². The summed E-state index contributed by atoms with van der Waals surface area (Å²) < 4.78 is 5.32. The third-order valence-electron chi connectivity index (χ3n) is 6.89. The van der Waals surface area contributed by atoms with E-state index in [2.05, 4.69) is 55.2 Å². The van der Waals surface area contributed by atoms with Crippen LogP contribution in [-0.4, -0.2) is 12.2 Å². The topological polar surface area (TPSA) is 29.5 Å². The smallest absolute Gasteiger partial charge is 0.157 e. The quantitative estimate of drug-likeness (QED) is 0.395. The summed E-state index contributed by atoms with van der Waals surface area (Å²) in [7, 11) is 1.67. The number of aliphatic hydroxyl groups is 1. The Morgan fingerprint density at radius 3 is 2.25 bits per heavy atom. The molecule has 2 nitrogen and oxygen atoms in total. The lowest BCUT2D eigenvalue weighted by atomic mass is 9.77. The molecule has 0 aliphatic heterocycles. The first kappa shape index (κ1) is 20.4. The van der Waals surface area contributed by atoms with E-state index in [4.69, 9.17) is 4.74 Å². The molecule has 1 N–H and O–H groups in total. The van der Waals surface area contributed by atoms with Gasteiger partial charge in [0.2, 0.25) is 0 Å². The largest absolute Gasteiger partial charge is 0.497 e. The minimum absolute atomic E-state index is 0.271. The number of benzene rings is 4. The van der Waals surface area contributed by atoms with Crippen LogP contribution in [0.4, 0.5) is 0 Å². The molecule has 3 unspecified atom stereocenters. The van der Waals surface area contributed by atoms with Crippen molar-refractivity contribution in [2.45, 2.75) is 24.9 Å². The molecule has 4 aromatic rings. The standard InChI is InChI=1S/C30H26O2/c1-29(21-28(29)23-9-5-3-6-10-23)30(31,26-11-7-4-8-12-26)18-17-22-13-14-25-20-27(32-2)16-15-24(25)19-22/h3-16,19-20,28,31H,21H2,1-2H3. The monoisotopic (exact) mass is 418 g/mol. The minimum atomic E-state index is -1.25. The fourth-order valence-electron chi connectivity index (χ4n) is 4.75. The van der Waals surface area contributed by atoms with E-state index in [9.17, 15) is 5.11 Å². The summed E-state index contributed by atoms with van der Waals surface area (Å²) in [6.07, 6.45) is 0.897. The lowest BCUT2D eigenvalue weighted by Crippen LogP contribution is -2.34. The molecule has 0 aromatic heterocycles.